The number of benzene rings is 3. The SMILES string of the molecule is CN1C(=O)[C@@]2(N=C1N)c1cc(-c3cccc(Cl)c3)ccc1Oc1c(F)cc(C3=CCOCC3)cc12. The largest absolute Gasteiger partial charge is 0.453 e. The smallest absolute Gasteiger partial charge is 0.266 e. The lowest BCUT2D eigenvalue weighted by Gasteiger charge is -2.34. The van der Waals surface area contributed by atoms with Gasteiger partial charge in [0, 0.05) is 23.2 Å². The minimum absolute atomic E-state index is 0.0235. The number of hydrogen-bond acceptors (Lipinski definition) is 5. The number of ether oxygens (including phenoxy) is 2. The third-order valence-electron chi connectivity index (χ3n) is 6.75. The zero-order valence-corrected chi connectivity index (χ0v) is 19.6. The van der Waals surface area contributed by atoms with E-state index in [9.17, 15) is 4.79 Å². The highest BCUT2D eigenvalue weighted by Crippen LogP contribution is 2.54. The van der Waals surface area contributed by atoms with Crippen LogP contribution in [0.2, 0.25) is 5.02 Å². The van der Waals surface area contributed by atoms with E-state index in [1.807, 2.05) is 36.4 Å². The van der Waals surface area contributed by atoms with Gasteiger partial charge < -0.3 is 15.2 Å². The number of hydrogen-bond donors (Lipinski definition) is 1. The van der Waals surface area contributed by atoms with Gasteiger partial charge in [0.2, 0.25) is 5.54 Å². The van der Waals surface area contributed by atoms with Gasteiger partial charge in [-0.05, 0) is 65.1 Å². The summed E-state index contributed by atoms with van der Waals surface area (Å²) in [5.74, 6) is -0.561. The Morgan fingerprint density at radius 2 is 1.89 bits per heavy atom. The van der Waals surface area contributed by atoms with E-state index in [1.165, 1.54) is 11.0 Å². The molecule has 1 spiro atoms. The minimum atomic E-state index is -1.57. The Kier molecular flexibility index (Phi) is 4.95. The highest BCUT2D eigenvalue weighted by atomic mass is 35.5. The maximum absolute atomic E-state index is 15.5. The first-order valence-electron chi connectivity index (χ1n) is 11.2. The molecule has 3 aliphatic heterocycles. The van der Waals surface area contributed by atoms with Gasteiger partial charge >= 0.3 is 0 Å². The molecule has 0 aliphatic carbocycles. The second kappa shape index (κ2) is 7.93. The summed E-state index contributed by atoms with van der Waals surface area (Å²) >= 11 is 6.22. The molecule has 0 saturated heterocycles. The van der Waals surface area contributed by atoms with Crippen LogP contribution in [0.25, 0.3) is 16.7 Å². The molecule has 0 saturated carbocycles. The Morgan fingerprint density at radius 1 is 1.09 bits per heavy atom. The van der Waals surface area contributed by atoms with Crippen molar-refractivity contribution >= 4 is 29.0 Å². The Hall–Kier alpha value is -3.68. The van der Waals surface area contributed by atoms with Gasteiger partial charge in [-0.1, -0.05) is 35.9 Å². The third-order valence-corrected chi connectivity index (χ3v) is 6.98. The summed E-state index contributed by atoms with van der Waals surface area (Å²) in [6, 6.07) is 16.0. The molecule has 1 amide bonds. The molecule has 3 aromatic carbocycles. The first-order chi connectivity index (χ1) is 16.9. The Labute approximate surface area is 206 Å². The number of fused-ring (bicyclic) bond motifs is 4. The summed E-state index contributed by atoms with van der Waals surface area (Å²) in [6.07, 6.45) is 2.56. The lowest BCUT2D eigenvalue weighted by atomic mass is 9.78. The Balaban J connectivity index is 1.61. The number of amides is 1. The average molecular weight is 490 g/mol. The quantitative estimate of drug-likeness (QED) is 0.544. The van der Waals surface area contributed by atoms with E-state index < -0.39 is 11.4 Å². The van der Waals surface area contributed by atoms with E-state index in [0.717, 1.165) is 16.7 Å². The molecule has 6 rings (SSSR count). The maximum atomic E-state index is 15.5. The van der Waals surface area contributed by atoms with Gasteiger partial charge in [-0.3, -0.25) is 9.69 Å². The second-order valence-electron chi connectivity index (χ2n) is 8.76. The number of nitrogens with zero attached hydrogens (tertiary/aromatic N) is 2. The third kappa shape index (κ3) is 3.26. The average Bonchev–Trinajstić information content (AvgIpc) is 3.09. The van der Waals surface area contributed by atoms with E-state index in [-0.39, 0.29) is 17.6 Å². The Morgan fingerprint density at radius 3 is 2.60 bits per heavy atom. The van der Waals surface area contributed by atoms with Crippen molar-refractivity contribution in [2.75, 3.05) is 20.3 Å². The number of aliphatic imine (C=N–C) groups is 1. The molecule has 0 bridgehead atoms. The topological polar surface area (TPSA) is 77.2 Å². The van der Waals surface area contributed by atoms with Gasteiger partial charge in [-0.25, -0.2) is 9.38 Å². The first kappa shape index (κ1) is 21.8. The molecule has 1 atom stereocenters. The van der Waals surface area contributed by atoms with Crippen LogP contribution >= 0.6 is 11.6 Å². The number of halogens is 2. The van der Waals surface area contributed by atoms with E-state index in [1.54, 1.807) is 25.2 Å². The van der Waals surface area contributed by atoms with Crippen LogP contribution in [-0.2, 0) is 15.1 Å². The van der Waals surface area contributed by atoms with Crippen molar-refractivity contribution in [1.82, 2.24) is 4.90 Å². The summed E-state index contributed by atoms with van der Waals surface area (Å²) < 4.78 is 27.0. The van der Waals surface area contributed by atoms with E-state index >= 15 is 4.39 Å². The Bertz CT molecular complexity index is 1470. The van der Waals surface area contributed by atoms with E-state index in [2.05, 4.69) is 4.99 Å². The number of carbonyl (C=O) groups excluding carboxylic acids is 1. The van der Waals surface area contributed by atoms with Gasteiger partial charge in [0.15, 0.2) is 17.5 Å². The molecular formula is C27H21ClFN3O3. The lowest BCUT2D eigenvalue weighted by molar-refractivity contribution is -0.129. The van der Waals surface area contributed by atoms with Crippen molar-refractivity contribution in [1.29, 1.82) is 0 Å². The standard InChI is InChI=1S/C27H21ClFN3O3/c1-32-25(33)27(31-26(32)30)20-12-17(16-3-2-4-19(28)11-16)5-6-23(20)35-24-21(27)13-18(14-22(24)29)15-7-9-34-10-8-15/h2-7,11-14H,8-10H2,1H3,(H2,30,31)/t27-/m1/s1. The molecule has 0 fully saturated rings. The van der Waals surface area contributed by atoms with Crippen molar-refractivity contribution < 1.29 is 18.7 Å². The van der Waals surface area contributed by atoms with Crippen molar-refractivity contribution in [3.8, 4) is 22.6 Å². The molecule has 8 heteroatoms. The van der Waals surface area contributed by atoms with Crippen LogP contribution in [0.1, 0.15) is 23.1 Å². The summed E-state index contributed by atoms with van der Waals surface area (Å²) in [6.45, 7) is 0.999. The minimum Gasteiger partial charge on any atom is -0.453 e. The van der Waals surface area contributed by atoms with Crippen LogP contribution in [0, 0.1) is 5.82 Å². The molecular weight excluding hydrogens is 469 g/mol. The van der Waals surface area contributed by atoms with Crippen molar-refractivity contribution in [3.63, 3.8) is 0 Å². The van der Waals surface area contributed by atoms with Crippen LogP contribution in [0.5, 0.6) is 11.5 Å². The number of rotatable bonds is 2. The second-order valence-corrected chi connectivity index (χ2v) is 9.19. The predicted molar refractivity (Wildman–Crippen MR) is 132 cm³/mol. The van der Waals surface area contributed by atoms with Crippen LogP contribution in [0.3, 0.4) is 0 Å². The molecule has 176 valence electrons. The monoisotopic (exact) mass is 489 g/mol. The van der Waals surface area contributed by atoms with Crippen LogP contribution < -0.4 is 10.5 Å². The number of likely N-dealkylation sites (N-methyl/N-ethyl adjacent to an activating group) is 1. The highest BCUT2D eigenvalue weighted by molar-refractivity contribution is 6.30. The molecule has 35 heavy (non-hydrogen) atoms. The van der Waals surface area contributed by atoms with Crippen molar-refractivity contribution in [2.24, 2.45) is 10.7 Å². The fourth-order valence-corrected chi connectivity index (χ4v) is 5.13. The molecule has 0 unspecified atom stereocenters. The molecule has 3 aromatic rings. The summed E-state index contributed by atoms with van der Waals surface area (Å²) in [5, 5.41) is 0.590. The number of nitrogens with two attached hydrogens (primary N) is 1. The lowest BCUT2D eigenvalue weighted by Crippen LogP contribution is -2.42. The van der Waals surface area contributed by atoms with Crippen LogP contribution in [0.4, 0.5) is 4.39 Å². The molecule has 3 heterocycles. The summed E-state index contributed by atoms with van der Waals surface area (Å²) in [4.78, 5) is 19.8. The van der Waals surface area contributed by atoms with Gasteiger partial charge in [-0.15, -0.1) is 0 Å². The summed E-state index contributed by atoms with van der Waals surface area (Å²) in [5.41, 5.74) is 8.70. The molecule has 0 aromatic heterocycles. The van der Waals surface area contributed by atoms with Crippen LogP contribution in [0.15, 0.2) is 65.7 Å². The normalized spacial score (nSPS) is 20.8. The molecule has 3 aliphatic rings. The van der Waals surface area contributed by atoms with Crippen molar-refractivity contribution in [3.05, 3.63) is 88.2 Å². The predicted octanol–water partition coefficient (Wildman–Crippen LogP) is 5.09. The van der Waals surface area contributed by atoms with Gasteiger partial charge in [0.25, 0.3) is 5.91 Å². The zero-order chi connectivity index (χ0) is 24.3. The molecule has 6 nitrogen and oxygen atoms in total. The zero-order valence-electron chi connectivity index (χ0n) is 18.8. The van der Waals surface area contributed by atoms with Crippen LogP contribution in [-0.4, -0.2) is 37.0 Å². The van der Waals surface area contributed by atoms with Gasteiger partial charge in [0.05, 0.1) is 13.2 Å². The fourth-order valence-electron chi connectivity index (χ4n) is 4.94. The highest BCUT2D eigenvalue weighted by Gasteiger charge is 2.55. The number of carbonyl (C=O) groups is 1. The van der Waals surface area contributed by atoms with Gasteiger partial charge in [-0.2, -0.15) is 0 Å². The van der Waals surface area contributed by atoms with E-state index in [4.69, 9.17) is 26.8 Å². The fraction of sp³-hybridized carbons (Fsp3) is 0.185. The molecule has 0 radical (unpaired) electrons. The maximum Gasteiger partial charge on any atom is 0.266 e. The van der Waals surface area contributed by atoms with Crippen molar-refractivity contribution in [2.45, 2.75) is 12.0 Å². The molecule has 2 N–H and O–H groups in total. The first-order valence-corrected chi connectivity index (χ1v) is 11.6. The van der Waals surface area contributed by atoms with Gasteiger partial charge in [0.1, 0.15) is 5.75 Å². The summed E-state index contributed by atoms with van der Waals surface area (Å²) in [7, 11) is 1.56. The van der Waals surface area contributed by atoms with E-state index in [0.29, 0.717) is 47.1 Å². The number of guanidine groups is 1.